The number of nitrogens with zero attached hydrogens (tertiary/aromatic N) is 3. The van der Waals surface area contributed by atoms with Gasteiger partial charge in [-0.1, -0.05) is 32.0 Å². The van der Waals surface area contributed by atoms with E-state index in [1.165, 1.54) is 0 Å². The fourth-order valence-corrected chi connectivity index (χ4v) is 3.03. The minimum Gasteiger partial charge on any atom is -0.268 e. The van der Waals surface area contributed by atoms with Crippen LogP contribution in [0.3, 0.4) is 0 Å². The van der Waals surface area contributed by atoms with Crippen molar-refractivity contribution in [1.29, 1.82) is 0 Å². The van der Waals surface area contributed by atoms with Gasteiger partial charge in [0.15, 0.2) is 0 Å². The lowest BCUT2D eigenvalue weighted by Crippen LogP contribution is -2.18. The lowest BCUT2D eigenvalue weighted by molar-refractivity contribution is 0.580. The maximum Gasteiger partial charge on any atom is 0.274 e. The van der Waals surface area contributed by atoms with Gasteiger partial charge in [-0.25, -0.2) is 13.6 Å². The molecule has 1 unspecified atom stereocenters. The van der Waals surface area contributed by atoms with Gasteiger partial charge >= 0.3 is 0 Å². The van der Waals surface area contributed by atoms with Crippen LogP contribution in [0.4, 0.5) is 0 Å². The second-order valence-electron chi connectivity index (χ2n) is 5.80. The first-order valence-corrected chi connectivity index (χ1v) is 7.89. The Morgan fingerprint density at radius 1 is 1.25 bits per heavy atom. The Morgan fingerprint density at radius 3 is 2.35 bits per heavy atom. The van der Waals surface area contributed by atoms with Crippen molar-refractivity contribution in [3.63, 3.8) is 0 Å². The van der Waals surface area contributed by atoms with E-state index in [1.54, 1.807) is 4.57 Å². The first kappa shape index (κ1) is 13.3. The van der Waals surface area contributed by atoms with E-state index in [2.05, 4.69) is 24.0 Å². The molecule has 1 aromatic heterocycles. The summed E-state index contributed by atoms with van der Waals surface area (Å²) in [7, 11) is -3.91. The molecule has 0 radical (unpaired) electrons. The molecule has 0 bridgehead atoms. The zero-order chi connectivity index (χ0) is 14.5. The van der Waals surface area contributed by atoms with Crippen LogP contribution >= 0.6 is 0 Å². The zero-order valence-electron chi connectivity index (χ0n) is 11.3. The molecule has 1 aromatic carbocycles. The van der Waals surface area contributed by atoms with E-state index < -0.39 is 10.0 Å². The van der Waals surface area contributed by atoms with Crippen molar-refractivity contribution in [2.24, 2.45) is 10.6 Å². The van der Waals surface area contributed by atoms with Gasteiger partial charge in [0.2, 0.25) is 0 Å². The molecule has 1 atom stereocenters. The van der Waals surface area contributed by atoms with Crippen LogP contribution in [0.1, 0.15) is 32.0 Å². The van der Waals surface area contributed by atoms with E-state index in [0.29, 0.717) is 11.5 Å². The summed E-state index contributed by atoms with van der Waals surface area (Å²) < 4.78 is 24.9. The highest BCUT2D eigenvalue weighted by molar-refractivity contribution is 7.89. The molecule has 1 aliphatic carbocycles. The molecular weight excluding hydrogens is 276 g/mol. The van der Waals surface area contributed by atoms with Gasteiger partial charge in [0.25, 0.3) is 15.2 Å². The summed E-state index contributed by atoms with van der Waals surface area (Å²) in [5.41, 5.74) is 0.828. The van der Waals surface area contributed by atoms with Crippen LogP contribution in [0.5, 0.6) is 0 Å². The van der Waals surface area contributed by atoms with Gasteiger partial charge < -0.3 is 0 Å². The number of nitrogens with two attached hydrogens (primary N) is 1. The summed E-state index contributed by atoms with van der Waals surface area (Å²) in [6.07, 6.45) is 0.961. The molecule has 7 heteroatoms. The average molecular weight is 292 g/mol. The van der Waals surface area contributed by atoms with Crippen molar-refractivity contribution in [2.45, 2.75) is 31.3 Å². The number of hydrogen-bond acceptors (Lipinski definition) is 4. The van der Waals surface area contributed by atoms with Crippen molar-refractivity contribution in [3.8, 4) is 5.69 Å². The predicted octanol–water partition coefficient (Wildman–Crippen LogP) is 1.43. The summed E-state index contributed by atoms with van der Waals surface area (Å²) in [6.45, 7) is 4.25. The Morgan fingerprint density at radius 2 is 1.85 bits per heavy atom. The molecule has 1 aliphatic rings. The third-order valence-corrected chi connectivity index (χ3v) is 4.53. The number of primary sulfonamides is 1. The molecule has 0 spiro atoms. The quantitative estimate of drug-likeness (QED) is 0.926. The lowest BCUT2D eigenvalue weighted by atomic mass is 10.1. The molecule has 1 fully saturated rings. The summed E-state index contributed by atoms with van der Waals surface area (Å²) in [5, 5.41) is 12.9. The highest BCUT2D eigenvalue weighted by atomic mass is 32.2. The standard InChI is InChI=1S/C13H16N4O2S/c1-13(2)8-10(13)11-15-16-12(20(14,18)19)17(11)9-6-4-3-5-7-9/h3-7,10H,8H2,1-2H3,(H2,14,18,19). The highest BCUT2D eigenvalue weighted by Gasteiger charge is 2.50. The van der Waals surface area contributed by atoms with E-state index in [0.717, 1.165) is 6.42 Å². The van der Waals surface area contributed by atoms with Crippen LogP contribution in [0, 0.1) is 5.41 Å². The summed E-state index contributed by atoms with van der Waals surface area (Å²) in [5.74, 6) is 0.857. The fraction of sp³-hybridized carbons (Fsp3) is 0.385. The Kier molecular flexibility index (Phi) is 2.74. The highest BCUT2D eigenvalue weighted by Crippen LogP contribution is 2.58. The summed E-state index contributed by atoms with van der Waals surface area (Å²) >= 11 is 0. The molecular formula is C13H16N4O2S. The number of hydrogen-bond donors (Lipinski definition) is 1. The van der Waals surface area contributed by atoms with Gasteiger partial charge in [-0.2, -0.15) is 0 Å². The SMILES string of the molecule is CC1(C)CC1c1nnc(S(N)(=O)=O)n1-c1ccccc1. The minimum absolute atomic E-state index is 0.120. The molecule has 1 saturated carbocycles. The second-order valence-corrected chi connectivity index (χ2v) is 7.26. The van der Waals surface area contributed by atoms with Crippen LogP contribution in [0.15, 0.2) is 35.5 Å². The predicted molar refractivity (Wildman–Crippen MR) is 73.9 cm³/mol. The molecule has 2 N–H and O–H groups in total. The monoisotopic (exact) mass is 292 g/mol. The molecule has 20 heavy (non-hydrogen) atoms. The Bertz CT molecular complexity index is 750. The van der Waals surface area contributed by atoms with Crippen LogP contribution in [0.25, 0.3) is 5.69 Å². The van der Waals surface area contributed by atoms with Crippen LogP contribution in [0.2, 0.25) is 0 Å². The number of para-hydroxylation sites is 1. The van der Waals surface area contributed by atoms with Gasteiger partial charge in [0, 0.05) is 11.6 Å². The Balaban J connectivity index is 2.21. The van der Waals surface area contributed by atoms with Crippen molar-refractivity contribution in [3.05, 3.63) is 36.2 Å². The first-order valence-electron chi connectivity index (χ1n) is 6.34. The topological polar surface area (TPSA) is 90.9 Å². The normalized spacial score (nSPS) is 20.9. The fourth-order valence-electron chi connectivity index (χ4n) is 2.42. The molecule has 0 amide bonds. The maximum absolute atomic E-state index is 11.7. The van der Waals surface area contributed by atoms with Gasteiger partial charge in [-0.05, 0) is 24.0 Å². The number of aromatic nitrogens is 3. The van der Waals surface area contributed by atoms with Gasteiger partial charge in [-0.15, -0.1) is 10.2 Å². The molecule has 0 aliphatic heterocycles. The van der Waals surface area contributed by atoms with Crippen LogP contribution in [-0.2, 0) is 10.0 Å². The number of sulfonamides is 1. The third-order valence-electron chi connectivity index (χ3n) is 3.75. The average Bonchev–Trinajstić information content (AvgIpc) is 2.83. The molecule has 106 valence electrons. The smallest absolute Gasteiger partial charge is 0.268 e. The molecule has 0 saturated heterocycles. The Labute approximate surface area is 117 Å². The number of rotatable bonds is 3. The van der Waals surface area contributed by atoms with Gasteiger partial charge in [0.1, 0.15) is 5.82 Å². The maximum atomic E-state index is 11.7. The van der Waals surface area contributed by atoms with Crippen LogP contribution in [-0.4, -0.2) is 23.2 Å². The van der Waals surface area contributed by atoms with Crippen molar-refractivity contribution < 1.29 is 8.42 Å². The number of benzene rings is 1. The lowest BCUT2D eigenvalue weighted by Gasteiger charge is -2.10. The summed E-state index contributed by atoms with van der Waals surface area (Å²) in [6, 6.07) is 9.17. The van der Waals surface area contributed by atoms with E-state index >= 15 is 0 Å². The van der Waals surface area contributed by atoms with E-state index in [4.69, 9.17) is 5.14 Å². The van der Waals surface area contributed by atoms with Crippen molar-refractivity contribution >= 4 is 10.0 Å². The molecule has 1 heterocycles. The zero-order valence-corrected chi connectivity index (χ0v) is 12.1. The molecule has 3 rings (SSSR count). The minimum atomic E-state index is -3.91. The van der Waals surface area contributed by atoms with Gasteiger partial charge in [0.05, 0.1) is 0 Å². The molecule has 6 nitrogen and oxygen atoms in total. The van der Waals surface area contributed by atoms with Crippen molar-refractivity contribution in [1.82, 2.24) is 14.8 Å². The summed E-state index contributed by atoms with van der Waals surface area (Å²) in [4.78, 5) is 0. The first-order chi connectivity index (χ1) is 9.31. The van der Waals surface area contributed by atoms with E-state index in [1.807, 2.05) is 30.3 Å². The second kappa shape index (κ2) is 4.13. The van der Waals surface area contributed by atoms with E-state index in [9.17, 15) is 8.42 Å². The van der Waals surface area contributed by atoms with Crippen molar-refractivity contribution in [2.75, 3.05) is 0 Å². The third kappa shape index (κ3) is 2.12. The Hall–Kier alpha value is -1.73. The van der Waals surface area contributed by atoms with E-state index in [-0.39, 0.29) is 16.5 Å². The largest absolute Gasteiger partial charge is 0.274 e. The van der Waals surface area contributed by atoms with Gasteiger partial charge in [-0.3, -0.25) is 4.57 Å². The van der Waals surface area contributed by atoms with Crippen LogP contribution < -0.4 is 5.14 Å². The molecule has 2 aromatic rings.